The second kappa shape index (κ2) is 6.37. The first-order valence-electron chi connectivity index (χ1n) is 7.29. The molecule has 0 heterocycles. The van der Waals surface area contributed by atoms with Crippen LogP contribution in [0.1, 0.15) is 37.7 Å². The minimum absolute atomic E-state index is 0.0244. The van der Waals surface area contributed by atoms with Crippen LogP contribution in [0, 0.1) is 0 Å². The van der Waals surface area contributed by atoms with E-state index >= 15 is 0 Å². The Morgan fingerprint density at radius 2 is 2.05 bits per heavy atom. The van der Waals surface area contributed by atoms with Crippen LogP contribution in [0.25, 0.3) is 0 Å². The molecule has 20 heavy (non-hydrogen) atoms. The quantitative estimate of drug-likeness (QED) is 0.867. The number of hydrogen-bond acceptors (Lipinski definition) is 3. The molecule has 0 bridgehead atoms. The molecule has 1 aliphatic rings. The van der Waals surface area contributed by atoms with Crippen molar-refractivity contribution in [2.75, 3.05) is 19.4 Å². The number of hydrogen-bond donors (Lipinski definition) is 2. The number of nitrogens with two attached hydrogens (primary N) is 1. The van der Waals surface area contributed by atoms with Crippen LogP contribution in [0.15, 0.2) is 24.3 Å². The third kappa shape index (κ3) is 4.32. The lowest BCUT2D eigenvalue weighted by atomic mass is 9.94. The number of nitrogens with zero attached hydrogens (tertiary/aromatic N) is 1. The van der Waals surface area contributed by atoms with E-state index in [2.05, 4.69) is 16.3 Å². The summed E-state index contributed by atoms with van der Waals surface area (Å²) in [5, 5.41) is 2.97. The maximum absolute atomic E-state index is 12.1. The molecule has 4 heteroatoms. The molecule has 2 rings (SSSR count). The van der Waals surface area contributed by atoms with Gasteiger partial charge in [0.2, 0.25) is 5.91 Å². The van der Waals surface area contributed by atoms with Gasteiger partial charge in [-0.05, 0) is 44.6 Å². The van der Waals surface area contributed by atoms with Gasteiger partial charge in [-0.1, -0.05) is 25.0 Å². The van der Waals surface area contributed by atoms with E-state index in [-0.39, 0.29) is 11.4 Å². The molecule has 0 atom stereocenters. The lowest BCUT2D eigenvalue weighted by Gasteiger charge is -2.22. The highest BCUT2D eigenvalue weighted by molar-refractivity contribution is 5.91. The third-order valence-corrected chi connectivity index (χ3v) is 3.82. The van der Waals surface area contributed by atoms with Crippen LogP contribution in [0.3, 0.4) is 0 Å². The summed E-state index contributed by atoms with van der Waals surface area (Å²) in [6.07, 6.45) is 4.62. The van der Waals surface area contributed by atoms with E-state index in [1.54, 1.807) is 0 Å². The zero-order chi connectivity index (χ0) is 14.6. The Labute approximate surface area is 121 Å². The van der Waals surface area contributed by atoms with Crippen molar-refractivity contribution < 1.29 is 4.79 Å². The van der Waals surface area contributed by atoms with Crippen molar-refractivity contribution in [3.8, 4) is 0 Å². The molecule has 0 saturated heterocycles. The van der Waals surface area contributed by atoms with Crippen LogP contribution in [-0.2, 0) is 11.3 Å². The second-order valence-corrected chi connectivity index (χ2v) is 6.23. The van der Waals surface area contributed by atoms with Crippen LogP contribution < -0.4 is 11.1 Å². The lowest BCUT2D eigenvalue weighted by molar-refractivity contribution is -0.117. The van der Waals surface area contributed by atoms with Gasteiger partial charge < -0.3 is 16.0 Å². The van der Waals surface area contributed by atoms with Crippen LogP contribution in [0.5, 0.6) is 0 Å². The molecule has 110 valence electrons. The van der Waals surface area contributed by atoms with E-state index in [4.69, 9.17) is 5.73 Å². The predicted molar refractivity (Wildman–Crippen MR) is 82.5 cm³/mol. The van der Waals surface area contributed by atoms with Crippen LogP contribution in [0.4, 0.5) is 5.69 Å². The lowest BCUT2D eigenvalue weighted by Crippen LogP contribution is -2.40. The zero-order valence-electron chi connectivity index (χ0n) is 12.5. The molecule has 1 fully saturated rings. The van der Waals surface area contributed by atoms with E-state index in [9.17, 15) is 4.79 Å². The largest absolute Gasteiger partial charge is 0.326 e. The summed E-state index contributed by atoms with van der Waals surface area (Å²) in [6, 6.07) is 7.99. The molecule has 0 radical (unpaired) electrons. The normalized spacial score (nSPS) is 17.4. The zero-order valence-corrected chi connectivity index (χ0v) is 12.5. The summed E-state index contributed by atoms with van der Waals surface area (Å²) in [7, 11) is 4.06. The molecule has 1 aromatic carbocycles. The van der Waals surface area contributed by atoms with Gasteiger partial charge in [-0.2, -0.15) is 0 Å². The highest BCUT2D eigenvalue weighted by atomic mass is 16.1. The molecule has 1 aromatic rings. The van der Waals surface area contributed by atoms with Gasteiger partial charge in [0.05, 0.1) is 0 Å². The Morgan fingerprint density at radius 3 is 2.70 bits per heavy atom. The highest BCUT2D eigenvalue weighted by Crippen LogP contribution is 2.30. The maximum atomic E-state index is 12.1. The fraction of sp³-hybridized carbons (Fsp3) is 0.562. The number of amides is 1. The van der Waals surface area contributed by atoms with Gasteiger partial charge in [0.15, 0.2) is 0 Å². The molecular weight excluding hydrogens is 250 g/mol. The van der Waals surface area contributed by atoms with E-state index in [1.165, 1.54) is 5.56 Å². The fourth-order valence-electron chi connectivity index (χ4n) is 2.89. The van der Waals surface area contributed by atoms with Crippen LogP contribution >= 0.6 is 0 Å². The smallest absolute Gasteiger partial charge is 0.226 e. The van der Waals surface area contributed by atoms with Crippen LogP contribution in [-0.4, -0.2) is 30.4 Å². The Bertz CT molecular complexity index is 465. The van der Waals surface area contributed by atoms with Gasteiger partial charge in [0, 0.05) is 24.2 Å². The number of rotatable bonds is 5. The van der Waals surface area contributed by atoms with E-state index < -0.39 is 0 Å². The van der Waals surface area contributed by atoms with E-state index in [0.717, 1.165) is 37.9 Å². The van der Waals surface area contributed by atoms with Gasteiger partial charge in [0.25, 0.3) is 0 Å². The van der Waals surface area contributed by atoms with Crippen molar-refractivity contribution in [2.45, 2.75) is 44.2 Å². The molecule has 3 N–H and O–H groups in total. The molecule has 0 unspecified atom stereocenters. The maximum Gasteiger partial charge on any atom is 0.226 e. The molecular formula is C16H25N3O. The van der Waals surface area contributed by atoms with Crippen molar-refractivity contribution >= 4 is 11.6 Å². The van der Waals surface area contributed by atoms with Gasteiger partial charge in [-0.3, -0.25) is 4.79 Å². The molecule has 0 spiro atoms. The standard InChI is InChI=1S/C16H25N3O/c1-19(2)12-13-6-5-7-14(10-13)18-15(20)11-16(17)8-3-4-9-16/h5-7,10H,3-4,8-9,11-12,17H2,1-2H3,(H,18,20). The van der Waals surface area contributed by atoms with Crippen LogP contribution in [0.2, 0.25) is 0 Å². The fourth-order valence-corrected chi connectivity index (χ4v) is 2.89. The highest BCUT2D eigenvalue weighted by Gasteiger charge is 2.31. The SMILES string of the molecule is CN(C)Cc1cccc(NC(=O)CC2(N)CCCC2)c1. The molecule has 1 amide bonds. The second-order valence-electron chi connectivity index (χ2n) is 6.23. The number of carbonyl (C=O) groups is 1. The summed E-state index contributed by atoms with van der Waals surface area (Å²) in [5.74, 6) is 0.0244. The van der Waals surface area contributed by atoms with Gasteiger partial charge >= 0.3 is 0 Å². The molecule has 1 saturated carbocycles. The van der Waals surface area contributed by atoms with E-state index in [1.807, 2.05) is 32.3 Å². The first-order chi connectivity index (χ1) is 9.47. The topological polar surface area (TPSA) is 58.4 Å². The number of benzene rings is 1. The number of anilines is 1. The van der Waals surface area contributed by atoms with E-state index in [0.29, 0.717) is 6.42 Å². The van der Waals surface area contributed by atoms with Crippen molar-refractivity contribution in [1.29, 1.82) is 0 Å². The summed E-state index contributed by atoms with van der Waals surface area (Å²) < 4.78 is 0. The number of nitrogens with one attached hydrogen (secondary N) is 1. The van der Waals surface area contributed by atoms with Crippen molar-refractivity contribution in [3.63, 3.8) is 0 Å². The summed E-state index contributed by atoms with van der Waals surface area (Å²) in [6.45, 7) is 0.866. The monoisotopic (exact) mass is 275 g/mol. The molecule has 4 nitrogen and oxygen atoms in total. The Kier molecular flexibility index (Phi) is 4.78. The average molecular weight is 275 g/mol. The van der Waals surface area contributed by atoms with Crippen molar-refractivity contribution in [3.05, 3.63) is 29.8 Å². The van der Waals surface area contributed by atoms with Crippen molar-refractivity contribution in [2.24, 2.45) is 5.73 Å². The summed E-state index contributed by atoms with van der Waals surface area (Å²) in [5.41, 5.74) is 8.00. The Morgan fingerprint density at radius 1 is 1.35 bits per heavy atom. The van der Waals surface area contributed by atoms with Crippen molar-refractivity contribution in [1.82, 2.24) is 4.90 Å². The number of carbonyl (C=O) groups excluding carboxylic acids is 1. The average Bonchev–Trinajstić information content (AvgIpc) is 2.74. The van der Waals surface area contributed by atoms with Gasteiger partial charge in [0.1, 0.15) is 0 Å². The first-order valence-corrected chi connectivity index (χ1v) is 7.29. The summed E-state index contributed by atoms with van der Waals surface area (Å²) in [4.78, 5) is 14.2. The summed E-state index contributed by atoms with van der Waals surface area (Å²) >= 11 is 0. The Balaban J connectivity index is 1.93. The minimum atomic E-state index is -0.286. The predicted octanol–water partition coefficient (Wildman–Crippen LogP) is 2.35. The molecule has 1 aliphatic carbocycles. The first kappa shape index (κ1) is 15.0. The minimum Gasteiger partial charge on any atom is -0.326 e. The third-order valence-electron chi connectivity index (χ3n) is 3.82. The Hall–Kier alpha value is -1.39. The molecule has 0 aliphatic heterocycles. The molecule has 0 aromatic heterocycles. The van der Waals surface area contributed by atoms with Gasteiger partial charge in [-0.25, -0.2) is 0 Å². The van der Waals surface area contributed by atoms with Gasteiger partial charge in [-0.15, -0.1) is 0 Å².